The van der Waals surface area contributed by atoms with Crippen LogP contribution in [0.5, 0.6) is 0 Å². The monoisotopic (exact) mass is 284 g/mol. The van der Waals surface area contributed by atoms with Gasteiger partial charge in [-0.1, -0.05) is 6.58 Å². The molecular formula is C10H9IN2. The first kappa shape index (κ1) is 8.74. The Bertz CT molecular complexity index is 471. The molecule has 0 aliphatic heterocycles. The zero-order chi connectivity index (χ0) is 9.42. The summed E-state index contributed by atoms with van der Waals surface area (Å²) >= 11 is 2.29. The van der Waals surface area contributed by atoms with Gasteiger partial charge in [0.2, 0.25) is 0 Å². The average Bonchev–Trinajstić information content (AvgIpc) is 2.46. The predicted octanol–water partition coefficient (Wildman–Crippen LogP) is 3.20. The van der Waals surface area contributed by atoms with Crippen molar-refractivity contribution in [2.75, 3.05) is 0 Å². The van der Waals surface area contributed by atoms with E-state index in [9.17, 15) is 0 Å². The third-order valence-corrected chi connectivity index (χ3v) is 2.60. The molecule has 2 nitrogen and oxygen atoms in total. The number of hydrogen-bond acceptors (Lipinski definition) is 1. The molecule has 0 aliphatic carbocycles. The maximum atomic E-state index is 4.21. The zero-order valence-corrected chi connectivity index (χ0v) is 9.42. The molecule has 66 valence electrons. The van der Waals surface area contributed by atoms with E-state index in [1.807, 2.05) is 13.0 Å². The quantitative estimate of drug-likeness (QED) is 0.800. The van der Waals surface area contributed by atoms with Crippen molar-refractivity contribution in [2.24, 2.45) is 0 Å². The molecule has 0 radical (unpaired) electrons. The van der Waals surface area contributed by atoms with E-state index in [0.29, 0.717) is 0 Å². The molecule has 0 fully saturated rings. The van der Waals surface area contributed by atoms with Crippen LogP contribution in [0.2, 0.25) is 0 Å². The van der Waals surface area contributed by atoms with Gasteiger partial charge in [0.05, 0.1) is 11.2 Å². The number of benzene rings is 1. The van der Waals surface area contributed by atoms with E-state index in [0.717, 1.165) is 22.2 Å². The highest BCUT2D eigenvalue weighted by Crippen LogP contribution is 2.22. The van der Waals surface area contributed by atoms with Crippen LogP contribution >= 0.6 is 22.6 Å². The van der Waals surface area contributed by atoms with Gasteiger partial charge in [-0.15, -0.1) is 0 Å². The number of rotatable bonds is 1. The predicted molar refractivity (Wildman–Crippen MR) is 63.5 cm³/mol. The highest BCUT2D eigenvalue weighted by molar-refractivity contribution is 14.1. The Morgan fingerprint density at radius 3 is 3.00 bits per heavy atom. The van der Waals surface area contributed by atoms with Crippen molar-refractivity contribution in [1.29, 1.82) is 0 Å². The molecule has 1 heterocycles. The van der Waals surface area contributed by atoms with Crippen molar-refractivity contribution in [3.8, 4) is 0 Å². The summed E-state index contributed by atoms with van der Waals surface area (Å²) in [6.45, 7) is 5.86. The van der Waals surface area contributed by atoms with E-state index < -0.39 is 0 Å². The van der Waals surface area contributed by atoms with Gasteiger partial charge in [-0.05, 0) is 53.3 Å². The third-order valence-electron chi connectivity index (χ3n) is 1.93. The van der Waals surface area contributed by atoms with Gasteiger partial charge in [0, 0.05) is 8.96 Å². The van der Waals surface area contributed by atoms with Gasteiger partial charge >= 0.3 is 0 Å². The lowest BCUT2D eigenvalue weighted by molar-refractivity contribution is 1.10. The number of aromatic nitrogens is 2. The molecule has 0 bridgehead atoms. The van der Waals surface area contributed by atoms with Crippen LogP contribution in [0.4, 0.5) is 0 Å². The molecule has 2 rings (SSSR count). The molecule has 0 unspecified atom stereocenters. The van der Waals surface area contributed by atoms with Crippen LogP contribution in [-0.2, 0) is 0 Å². The fourth-order valence-corrected chi connectivity index (χ4v) is 1.80. The SMILES string of the molecule is C=C(C)c1n[nH]c2ccc(I)cc12. The van der Waals surface area contributed by atoms with Crippen molar-refractivity contribution in [3.63, 3.8) is 0 Å². The minimum atomic E-state index is 0.966. The van der Waals surface area contributed by atoms with Gasteiger partial charge in [0.1, 0.15) is 0 Å². The van der Waals surface area contributed by atoms with Crippen molar-refractivity contribution >= 4 is 39.1 Å². The van der Waals surface area contributed by atoms with Gasteiger partial charge < -0.3 is 0 Å². The molecule has 1 aromatic heterocycles. The maximum Gasteiger partial charge on any atom is 0.0950 e. The Hall–Kier alpha value is -0.840. The van der Waals surface area contributed by atoms with Crippen LogP contribution < -0.4 is 0 Å². The number of nitrogens with one attached hydrogen (secondary N) is 1. The topological polar surface area (TPSA) is 28.7 Å². The molecule has 0 saturated heterocycles. The van der Waals surface area contributed by atoms with Crippen molar-refractivity contribution < 1.29 is 0 Å². The lowest BCUT2D eigenvalue weighted by atomic mass is 10.1. The third kappa shape index (κ3) is 1.48. The molecule has 0 aliphatic rings. The van der Waals surface area contributed by atoms with Crippen LogP contribution in [0, 0.1) is 3.57 Å². The Balaban J connectivity index is 2.79. The fourth-order valence-electron chi connectivity index (χ4n) is 1.31. The smallest absolute Gasteiger partial charge is 0.0950 e. The van der Waals surface area contributed by atoms with Crippen LogP contribution in [0.15, 0.2) is 24.8 Å². The average molecular weight is 284 g/mol. The summed E-state index contributed by atoms with van der Waals surface area (Å²) in [6.07, 6.45) is 0. The molecular weight excluding hydrogens is 275 g/mol. The number of nitrogens with zero attached hydrogens (tertiary/aromatic N) is 1. The molecule has 2 aromatic rings. The van der Waals surface area contributed by atoms with Crippen molar-refractivity contribution in [3.05, 3.63) is 34.0 Å². The Kier molecular flexibility index (Phi) is 2.11. The lowest BCUT2D eigenvalue weighted by Crippen LogP contribution is -1.78. The van der Waals surface area contributed by atoms with E-state index >= 15 is 0 Å². The standard InChI is InChI=1S/C10H9IN2/c1-6(2)10-8-5-7(11)3-4-9(8)12-13-10/h3-5H,1H2,2H3,(H,12,13). The number of fused-ring (bicyclic) bond motifs is 1. The molecule has 13 heavy (non-hydrogen) atoms. The second kappa shape index (κ2) is 3.14. The Morgan fingerprint density at radius 1 is 1.54 bits per heavy atom. The maximum absolute atomic E-state index is 4.21. The summed E-state index contributed by atoms with van der Waals surface area (Å²) in [5, 5.41) is 8.34. The van der Waals surface area contributed by atoms with Crippen LogP contribution in [0.25, 0.3) is 16.5 Å². The summed E-state index contributed by atoms with van der Waals surface area (Å²) in [5.74, 6) is 0. The number of H-pyrrole nitrogens is 1. The van der Waals surface area contributed by atoms with Gasteiger partial charge in [0.25, 0.3) is 0 Å². The van der Waals surface area contributed by atoms with Gasteiger partial charge in [0.15, 0.2) is 0 Å². The normalized spacial score (nSPS) is 10.6. The molecule has 0 atom stereocenters. The fraction of sp³-hybridized carbons (Fsp3) is 0.100. The molecule has 1 N–H and O–H groups in total. The minimum absolute atomic E-state index is 0.966. The summed E-state index contributed by atoms with van der Waals surface area (Å²) in [4.78, 5) is 0. The molecule has 0 saturated carbocycles. The molecule has 3 heteroatoms. The number of hydrogen-bond donors (Lipinski definition) is 1. The van der Waals surface area contributed by atoms with Crippen LogP contribution in [-0.4, -0.2) is 10.2 Å². The Labute approximate surface area is 90.2 Å². The van der Waals surface area contributed by atoms with Gasteiger partial charge in [-0.3, -0.25) is 5.10 Å². The van der Waals surface area contributed by atoms with E-state index in [1.54, 1.807) is 0 Å². The van der Waals surface area contributed by atoms with Crippen molar-refractivity contribution in [2.45, 2.75) is 6.92 Å². The summed E-state index contributed by atoms with van der Waals surface area (Å²) in [6, 6.07) is 6.21. The number of halogens is 1. The highest BCUT2D eigenvalue weighted by atomic mass is 127. The first-order valence-electron chi connectivity index (χ1n) is 3.98. The summed E-state index contributed by atoms with van der Waals surface area (Å²) < 4.78 is 1.22. The van der Waals surface area contributed by atoms with Crippen molar-refractivity contribution in [1.82, 2.24) is 10.2 Å². The highest BCUT2D eigenvalue weighted by Gasteiger charge is 2.05. The molecule has 0 amide bonds. The van der Waals surface area contributed by atoms with Gasteiger partial charge in [-0.25, -0.2) is 0 Å². The zero-order valence-electron chi connectivity index (χ0n) is 7.26. The number of aromatic amines is 1. The second-order valence-corrected chi connectivity index (χ2v) is 4.29. The number of allylic oxidation sites excluding steroid dienone is 1. The summed E-state index contributed by atoms with van der Waals surface area (Å²) in [5.41, 5.74) is 3.03. The second-order valence-electron chi connectivity index (χ2n) is 3.04. The summed E-state index contributed by atoms with van der Waals surface area (Å²) in [7, 11) is 0. The van der Waals surface area contributed by atoms with E-state index in [1.165, 1.54) is 3.57 Å². The van der Waals surface area contributed by atoms with Gasteiger partial charge in [-0.2, -0.15) is 5.10 Å². The largest absolute Gasteiger partial charge is 0.277 e. The minimum Gasteiger partial charge on any atom is -0.277 e. The van der Waals surface area contributed by atoms with E-state index in [4.69, 9.17) is 0 Å². The van der Waals surface area contributed by atoms with E-state index in [2.05, 4.69) is 51.5 Å². The van der Waals surface area contributed by atoms with Crippen LogP contribution in [0.1, 0.15) is 12.6 Å². The Morgan fingerprint density at radius 2 is 2.31 bits per heavy atom. The molecule has 0 spiro atoms. The van der Waals surface area contributed by atoms with Crippen LogP contribution in [0.3, 0.4) is 0 Å². The van der Waals surface area contributed by atoms with E-state index in [-0.39, 0.29) is 0 Å². The molecule has 1 aromatic carbocycles. The lowest BCUT2D eigenvalue weighted by Gasteiger charge is -1.94. The first-order chi connectivity index (χ1) is 6.18. The first-order valence-corrected chi connectivity index (χ1v) is 5.06.